The molecule has 0 saturated carbocycles. The van der Waals surface area contributed by atoms with Gasteiger partial charge in [-0.2, -0.15) is 0 Å². The molecule has 2 N–H and O–H groups in total. The number of nitrogens with one attached hydrogen (secondary N) is 1. The van der Waals surface area contributed by atoms with E-state index in [1.807, 2.05) is 6.92 Å². The molecule has 0 radical (unpaired) electrons. The normalized spacial score (nSPS) is 23.6. The van der Waals surface area contributed by atoms with E-state index < -0.39 is 0 Å². The smallest absolute Gasteiger partial charge is 0.317 e. The molecule has 2 atom stereocenters. The van der Waals surface area contributed by atoms with E-state index >= 15 is 0 Å². The number of hydrogen-bond donors (Lipinski definition) is 2. The van der Waals surface area contributed by atoms with Gasteiger partial charge in [-0.3, -0.25) is 0 Å². The average molecular weight is 200 g/mol. The highest BCUT2D eigenvalue weighted by Crippen LogP contribution is 2.19. The Labute approximate surface area is 85.3 Å². The number of aliphatic hydroxyl groups is 1. The van der Waals surface area contributed by atoms with Crippen molar-refractivity contribution < 1.29 is 9.90 Å². The van der Waals surface area contributed by atoms with Gasteiger partial charge in [-0.05, 0) is 19.8 Å². The number of hydrogen-bond acceptors (Lipinski definition) is 2. The number of amides is 2. The van der Waals surface area contributed by atoms with Crippen LogP contribution in [0.15, 0.2) is 0 Å². The van der Waals surface area contributed by atoms with Crippen molar-refractivity contribution in [2.24, 2.45) is 5.92 Å². The van der Waals surface area contributed by atoms with Gasteiger partial charge in [0.25, 0.3) is 0 Å². The Morgan fingerprint density at radius 2 is 2.43 bits per heavy atom. The topological polar surface area (TPSA) is 52.6 Å². The van der Waals surface area contributed by atoms with Gasteiger partial charge in [0.05, 0.1) is 6.10 Å². The van der Waals surface area contributed by atoms with Crippen molar-refractivity contribution in [1.82, 2.24) is 10.2 Å². The third-order valence-electron chi connectivity index (χ3n) is 2.72. The first kappa shape index (κ1) is 11.3. The molecule has 0 aromatic rings. The Morgan fingerprint density at radius 3 is 2.93 bits per heavy atom. The number of nitrogens with zero attached hydrogens (tertiary/aromatic N) is 1. The molecule has 4 nitrogen and oxygen atoms in total. The molecule has 14 heavy (non-hydrogen) atoms. The van der Waals surface area contributed by atoms with E-state index in [4.69, 9.17) is 0 Å². The summed E-state index contributed by atoms with van der Waals surface area (Å²) in [5.74, 6) is 0.252. The molecular formula is C10H20N2O2. The number of aliphatic hydroxyl groups excluding tert-OH is 1. The predicted molar refractivity (Wildman–Crippen MR) is 55.1 cm³/mol. The number of carbonyl (C=O) groups excluding carboxylic acids is 1. The second kappa shape index (κ2) is 5.20. The van der Waals surface area contributed by atoms with E-state index in [2.05, 4.69) is 5.32 Å². The fourth-order valence-corrected chi connectivity index (χ4v) is 1.71. The van der Waals surface area contributed by atoms with Gasteiger partial charge in [-0.15, -0.1) is 0 Å². The highest BCUT2D eigenvalue weighted by Gasteiger charge is 2.28. The van der Waals surface area contributed by atoms with Gasteiger partial charge < -0.3 is 15.3 Å². The van der Waals surface area contributed by atoms with Crippen LogP contribution in [-0.4, -0.2) is 41.8 Å². The number of rotatable bonds is 3. The van der Waals surface area contributed by atoms with E-state index in [0.717, 1.165) is 25.9 Å². The molecule has 1 rings (SSSR count). The zero-order chi connectivity index (χ0) is 10.6. The third kappa shape index (κ3) is 2.87. The summed E-state index contributed by atoms with van der Waals surface area (Å²) in [6, 6.07) is 0.00926. The predicted octanol–water partition coefficient (Wildman–Crippen LogP) is 0.809. The molecule has 1 heterocycles. The van der Waals surface area contributed by atoms with E-state index in [1.165, 1.54) is 0 Å². The number of carbonyl (C=O) groups is 1. The van der Waals surface area contributed by atoms with E-state index in [1.54, 1.807) is 11.8 Å². The second-order valence-corrected chi connectivity index (χ2v) is 3.97. The van der Waals surface area contributed by atoms with E-state index in [0.29, 0.717) is 6.54 Å². The quantitative estimate of drug-likeness (QED) is 0.708. The molecule has 0 aliphatic carbocycles. The Kier molecular flexibility index (Phi) is 4.20. The summed E-state index contributed by atoms with van der Waals surface area (Å²) in [4.78, 5) is 13.3. The lowest BCUT2D eigenvalue weighted by atomic mass is 10.0. The van der Waals surface area contributed by atoms with Crippen LogP contribution in [0.3, 0.4) is 0 Å². The van der Waals surface area contributed by atoms with Crippen molar-refractivity contribution in [1.29, 1.82) is 0 Å². The average Bonchev–Trinajstić information content (AvgIpc) is 2.62. The molecule has 0 aromatic carbocycles. The molecule has 1 fully saturated rings. The largest absolute Gasteiger partial charge is 0.393 e. The maximum absolute atomic E-state index is 11.5. The lowest BCUT2D eigenvalue weighted by Gasteiger charge is -2.18. The molecule has 0 bridgehead atoms. The van der Waals surface area contributed by atoms with Gasteiger partial charge in [0.15, 0.2) is 0 Å². The molecular weight excluding hydrogens is 180 g/mol. The number of likely N-dealkylation sites (tertiary alicyclic amines) is 1. The highest BCUT2D eigenvalue weighted by atomic mass is 16.3. The van der Waals surface area contributed by atoms with Crippen LogP contribution in [0.1, 0.15) is 26.7 Å². The zero-order valence-electron chi connectivity index (χ0n) is 8.99. The Bertz CT molecular complexity index is 195. The first-order chi connectivity index (χ1) is 6.65. The van der Waals surface area contributed by atoms with Crippen LogP contribution >= 0.6 is 0 Å². The van der Waals surface area contributed by atoms with Gasteiger partial charge in [-0.25, -0.2) is 4.79 Å². The molecule has 82 valence electrons. The molecule has 1 saturated heterocycles. The van der Waals surface area contributed by atoms with Crippen LogP contribution < -0.4 is 5.32 Å². The monoisotopic (exact) mass is 200 g/mol. The zero-order valence-corrected chi connectivity index (χ0v) is 8.99. The van der Waals surface area contributed by atoms with Crippen LogP contribution in [0.25, 0.3) is 0 Å². The standard InChI is InChI=1S/C10H20N2O2/c1-3-5-11-10(14)12-6-4-9(7-12)8(2)13/h8-9,13H,3-7H2,1-2H3,(H,11,14). The van der Waals surface area contributed by atoms with Crippen molar-refractivity contribution in [3.63, 3.8) is 0 Å². The number of urea groups is 1. The van der Waals surface area contributed by atoms with Crippen molar-refractivity contribution in [3.8, 4) is 0 Å². The summed E-state index contributed by atoms with van der Waals surface area (Å²) in [5.41, 5.74) is 0. The fourth-order valence-electron chi connectivity index (χ4n) is 1.71. The second-order valence-electron chi connectivity index (χ2n) is 3.97. The Hall–Kier alpha value is -0.770. The van der Waals surface area contributed by atoms with E-state index in [9.17, 15) is 9.90 Å². The maximum atomic E-state index is 11.5. The molecule has 0 aromatic heterocycles. The van der Waals surface area contributed by atoms with Crippen LogP contribution in [-0.2, 0) is 0 Å². The molecule has 4 heteroatoms. The van der Waals surface area contributed by atoms with Crippen LogP contribution in [0.5, 0.6) is 0 Å². The van der Waals surface area contributed by atoms with Crippen molar-refractivity contribution in [2.75, 3.05) is 19.6 Å². The third-order valence-corrected chi connectivity index (χ3v) is 2.72. The van der Waals surface area contributed by atoms with Gasteiger partial charge in [0.1, 0.15) is 0 Å². The molecule has 1 aliphatic heterocycles. The minimum Gasteiger partial charge on any atom is -0.393 e. The van der Waals surface area contributed by atoms with Crippen molar-refractivity contribution in [3.05, 3.63) is 0 Å². The van der Waals surface area contributed by atoms with Crippen LogP contribution in [0.2, 0.25) is 0 Å². The SMILES string of the molecule is CCCNC(=O)N1CCC(C(C)O)C1. The minimum atomic E-state index is -0.307. The fraction of sp³-hybridized carbons (Fsp3) is 0.900. The van der Waals surface area contributed by atoms with Gasteiger partial charge in [0.2, 0.25) is 0 Å². The Balaban J connectivity index is 2.30. The highest BCUT2D eigenvalue weighted by molar-refractivity contribution is 5.74. The lowest BCUT2D eigenvalue weighted by molar-refractivity contribution is 0.129. The van der Waals surface area contributed by atoms with Gasteiger partial charge in [-0.1, -0.05) is 6.92 Å². The summed E-state index contributed by atoms with van der Waals surface area (Å²) in [5, 5.41) is 12.2. The Morgan fingerprint density at radius 1 is 1.71 bits per heavy atom. The lowest BCUT2D eigenvalue weighted by Crippen LogP contribution is -2.39. The first-order valence-corrected chi connectivity index (χ1v) is 5.36. The molecule has 1 aliphatic rings. The summed E-state index contributed by atoms with van der Waals surface area (Å²) < 4.78 is 0. The van der Waals surface area contributed by atoms with Crippen molar-refractivity contribution in [2.45, 2.75) is 32.8 Å². The summed E-state index contributed by atoms with van der Waals surface area (Å²) in [6.07, 6.45) is 1.57. The molecule has 2 unspecified atom stereocenters. The van der Waals surface area contributed by atoms with Gasteiger partial charge in [0, 0.05) is 25.6 Å². The summed E-state index contributed by atoms with van der Waals surface area (Å²) >= 11 is 0. The first-order valence-electron chi connectivity index (χ1n) is 5.36. The van der Waals surface area contributed by atoms with Crippen LogP contribution in [0, 0.1) is 5.92 Å². The van der Waals surface area contributed by atoms with Crippen LogP contribution in [0.4, 0.5) is 4.79 Å². The summed E-state index contributed by atoms with van der Waals surface area (Å²) in [7, 11) is 0. The van der Waals surface area contributed by atoms with Gasteiger partial charge >= 0.3 is 6.03 Å². The summed E-state index contributed by atoms with van der Waals surface area (Å²) in [6.45, 7) is 6.01. The maximum Gasteiger partial charge on any atom is 0.317 e. The van der Waals surface area contributed by atoms with E-state index in [-0.39, 0.29) is 18.1 Å². The van der Waals surface area contributed by atoms with Crippen molar-refractivity contribution >= 4 is 6.03 Å². The minimum absolute atomic E-state index is 0.00926. The molecule has 0 spiro atoms. The molecule has 2 amide bonds.